The molecule has 0 saturated heterocycles. The zero-order valence-electron chi connectivity index (χ0n) is 8.90. The summed E-state index contributed by atoms with van der Waals surface area (Å²) in [6.07, 6.45) is 6.90. The average Bonchev–Trinajstić information content (AvgIpc) is 2.27. The number of nitrogens with zero attached hydrogens (tertiary/aromatic N) is 1. The largest absolute Gasteiger partial charge is 0.391 e. The molecule has 82 valence electrons. The van der Waals surface area contributed by atoms with Crippen molar-refractivity contribution in [3.63, 3.8) is 0 Å². The quantitative estimate of drug-likeness (QED) is 0.523. The molecule has 0 aliphatic carbocycles. The number of nitrogens with one attached hydrogen (secondary N) is 1. The van der Waals surface area contributed by atoms with Crippen molar-refractivity contribution in [2.75, 3.05) is 7.11 Å². The Hall–Kier alpha value is -1.74. The van der Waals surface area contributed by atoms with Gasteiger partial charge in [-0.25, -0.2) is 4.79 Å². The fraction of sp³-hybridized carbons (Fsp3) is 0.400. The molecule has 1 heterocycles. The molecule has 0 amide bonds. The highest BCUT2D eigenvalue weighted by Crippen LogP contribution is 1.94. The van der Waals surface area contributed by atoms with Crippen LogP contribution in [0, 0.1) is 12.3 Å². The fourth-order valence-electron chi connectivity index (χ4n) is 1.16. The summed E-state index contributed by atoms with van der Waals surface area (Å²) in [5, 5.41) is 0. The van der Waals surface area contributed by atoms with Gasteiger partial charge in [0.15, 0.2) is 0 Å². The van der Waals surface area contributed by atoms with Crippen LogP contribution in [0.4, 0.5) is 0 Å². The second-order valence-electron chi connectivity index (χ2n) is 3.20. The Labute approximate surface area is 93.9 Å². The van der Waals surface area contributed by atoms with Gasteiger partial charge in [-0.05, 0) is 6.42 Å². The van der Waals surface area contributed by atoms with Gasteiger partial charge in [0.25, 0.3) is 5.56 Å². The lowest BCUT2D eigenvalue weighted by atomic mass is 9.97. The minimum Gasteiger partial charge on any atom is -0.391 e. The number of aromatic nitrogens is 2. The van der Waals surface area contributed by atoms with Crippen LogP contribution in [-0.2, 0) is 11.3 Å². The molecule has 6 heteroatoms. The van der Waals surface area contributed by atoms with E-state index in [0.29, 0.717) is 13.0 Å². The van der Waals surface area contributed by atoms with Crippen molar-refractivity contribution in [1.82, 2.24) is 9.55 Å². The molecule has 2 radical (unpaired) electrons. The van der Waals surface area contributed by atoms with Gasteiger partial charge in [0.2, 0.25) is 0 Å². The number of hydrogen-bond acceptors (Lipinski definition) is 3. The normalized spacial score (nSPS) is 12.0. The number of terminal acetylenes is 1. The molecule has 0 bridgehead atoms. The first-order valence-corrected chi connectivity index (χ1v) is 4.67. The van der Waals surface area contributed by atoms with E-state index < -0.39 is 17.3 Å². The first kappa shape index (κ1) is 12.3. The zero-order valence-corrected chi connectivity index (χ0v) is 8.90. The number of hydrogen-bond donors (Lipinski definition) is 1. The Bertz CT molecular complexity index is 512. The van der Waals surface area contributed by atoms with Gasteiger partial charge in [-0.3, -0.25) is 14.3 Å². The third kappa shape index (κ3) is 2.88. The van der Waals surface area contributed by atoms with Gasteiger partial charge >= 0.3 is 5.69 Å². The second kappa shape index (κ2) is 5.38. The van der Waals surface area contributed by atoms with E-state index in [4.69, 9.17) is 19.0 Å². The van der Waals surface area contributed by atoms with E-state index >= 15 is 0 Å². The highest BCUT2D eigenvalue weighted by Gasteiger charge is 2.04. The molecule has 1 aromatic rings. The van der Waals surface area contributed by atoms with Crippen LogP contribution in [0.2, 0.25) is 0 Å². The van der Waals surface area contributed by atoms with Crippen LogP contribution < -0.4 is 11.2 Å². The average molecular weight is 218 g/mol. The van der Waals surface area contributed by atoms with Crippen molar-refractivity contribution in [3.05, 3.63) is 32.6 Å². The molecule has 1 rings (SSSR count). The van der Waals surface area contributed by atoms with Crippen molar-refractivity contribution >= 4 is 7.85 Å². The lowest BCUT2D eigenvalue weighted by molar-refractivity contribution is 0.154. The molecule has 0 aromatic carbocycles. The molecule has 0 aliphatic rings. The fourth-order valence-corrected chi connectivity index (χ4v) is 1.16. The second-order valence-corrected chi connectivity index (χ2v) is 3.20. The van der Waals surface area contributed by atoms with Crippen LogP contribution in [0.5, 0.6) is 0 Å². The van der Waals surface area contributed by atoms with Crippen LogP contribution in [0.3, 0.4) is 0 Å². The van der Waals surface area contributed by atoms with Crippen molar-refractivity contribution in [2.24, 2.45) is 0 Å². The van der Waals surface area contributed by atoms with Crippen molar-refractivity contribution in [1.29, 1.82) is 0 Å². The molecule has 1 aromatic heterocycles. The first-order valence-electron chi connectivity index (χ1n) is 4.67. The van der Waals surface area contributed by atoms with Gasteiger partial charge < -0.3 is 4.74 Å². The van der Waals surface area contributed by atoms with Gasteiger partial charge in [0.1, 0.15) is 13.4 Å². The lowest BCUT2D eigenvalue weighted by Crippen LogP contribution is -2.32. The molecule has 16 heavy (non-hydrogen) atoms. The summed E-state index contributed by atoms with van der Waals surface area (Å²) < 4.78 is 6.14. The number of rotatable bonds is 4. The molecular formula is C10H11BN2O3. The molecule has 0 unspecified atom stereocenters. The van der Waals surface area contributed by atoms with Gasteiger partial charge in [0, 0.05) is 25.9 Å². The molecule has 1 N–H and O–H groups in total. The van der Waals surface area contributed by atoms with Gasteiger partial charge in [-0.1, -0.05) is 5.92 Å². The Kier molecular flexibility index (Phi) is 4.14. The summed E-state index contributed by atoms with van der Waals surface area (Å²) in [5.74, 6) is 2.20. The maximum absolute atomic E-state index is 11.4. The maximum Gasteiger partial charge on any atom is 0.328 e. The number of H-pyrrole nitrogens is 1. The van der Waals surface area contributed by atoms with Crippen LogP contribution in [0.25, 0.3) is 0 Å². The van der Waals surface area contributed by atoms with Gasteiger partial charge in [-0.15, -0.1) is 6.42 Å². The molecule has 0 aliphatic heterocycles. The first-order chi connectivity index (χ1) is 7.58. The van der Waals surface area contributed by atoms with E-state index in [1.54, 1.807) is 0 Å². The zero-order chi connectivity index (χ0) is 12.1. The third-order valence-corrected chi connectivity index (χ3v) is 2.12. The number of aryl methyl sites for hydroxylation is 1. The molecule has 0 spiro atoms. The highest BCUT2D eigenvalue weighted by molar-refractivity contribution is 6.10. The van der Waals surface area contributed by atoms with Crippen LogP contribution >= 0.6 is 0 Å². The standard InChI is InChI=1S/C10H11BN2O3/c1-3-7-6-13(5-4-8(11)16-2)10(15)12-9(7)14/h1,6,8H,4-5H2,2H3,(H,12,14,15)/t8-/m0/s1. The Morgan fingerprint density at radius 1 is 1.69 bits per heavy atom. The molecule has 5 nitrogen and oxygen atoms in total. The Balaban J connectivity index is 2.94. The van der Waals surface area contributed by atoms with E-state index in [1.807, 2.05) is 0 Å². The summed E-state index contributed by atoms with van der Waals surface area (Å²) in [7, 11) is 7.00. The lowest BCUT2D eigenvalue weighted by Gasteiger charge is -2.10. The molecule has 0 saturated carbocycles. The predicted molar refractivity (Wildman–Crippen MR) is 60.4 cm³/mol. The van der Waals surface area contributed by atoms with E-state index in [2.05, 4.69) is 10.9 Å². The summed E-state index contributed by atoms with van der Waals surface area (Å²) in [4.78, 5) is 24.7. The summed E-state index contributed by atoms with van der Waals surface area (Å²) >= 11 is 0. The van der Waals surface area contributed by atoms with Crippen molar-refractivity contribution in [2.45, 2.75) is 19.0 Å². The minimum absolute atomic E-state index is 0.116. The van der Waals surface area contributed by atoms with E-state index in [9.17, 15) is 9.59 Å². The minimum atomic E-state index is -0.556. The molecular weight excluding hydrogens is 207 g/mol. The van der Waals surface area contributed by atoms with E-state index in [0.717, 1.165) is 0 Å². The molecule has 0 fully saturated rings. The summed E-state index contributed by atoms with van der Waals surface area (Å²) in [6.45, 7) is 0.333. The predicted octanol–water partition coefficient (Wildman–Crippen LogP) is -0.951. The van der Waals surface area contributed by atoms with Crippen LogP contribution in [-0.4, -0.2) is 30.5 Å². The van der Waals surface area contributed by atoms with Crippen LogP contribution in [0.1, 0.15) is 12.0 Å². The Morgan fingerprint density at radius 3 is 2.94 bits per heavy atom. The van der Waals surface area contributed by atoms with Crippen molar-refractivity contribution in [3.8, 4) is 12.3 Å². The monoisotopic (exact) mass is 218 g/mol. The number of methoxy groups -OCH3 is 1. The number of ether oxygens (including phenoxy) is 1. The maximum atomic E-state index is 11.4. The smallest absolute Gasteiger partial charge is 0.328 e. The Morgan fingerprint density at radius 2 is 2.38 bits per heavy atom. The SMILES string of the molecule is [B][C@H](CCn1cc(C#C)c(=O)[nH]c1=O)OC. The topological polar surface area (TPSA) is 64.1 Å². The summed E-state index contributed by atoms with van der Waals surface area (Å²) in [6, 6.07) is -0.451. The van der Waals surface area contributed by atoms with Crippen molar-refractivity contribution < 1.29 is 4.74 Å². The van der Waals surface area contributed by atoms with E-state index in [-0.39, 0.29) is 5.56 Å². The van der Waals surface area contributed by atoms with Gasteiger partial charge in [-0.2, -0.15) is 0 Å². The summed E-state index contributed by atoms with van der Waals surface area (Å²) in [5.41, 5.74) is -0.947. The number of aromatic amines is 1. The van der Waals surface area contributed by atoms with E-state index in [1.165, 1.54) is 17.9 Å². The third-order valence-electron chi connectivity index (χ3n) is 2.12. The molecule has 1 atom stereocenters. The highest BCUT2D eigenvalue weighted by atomic mass is 16.5. The van der Waals surface area contributed by atoms with Gasteiger partial charge in [0.05, 0.1) is 0 Å². The van der Waals surface area contributed by atoms with Crippen LogP contribution in [0.15, 0.2) is 15.8 Å².